The zero-order valence-electron chi connectivity index (χ0n) is 22.9. The van der Waals surface area contributed by atoms with Gasteiger partial charge in [0.2, 0.25) is 5.69 Å². The van der Waals surface area contributed by atoms with Crippen molar-refractivity contribution >= 4 is 27.5 Å². The number of aromatic nitrogens is 1. The van der Waals surface area contributed by atoms with Gasteiger partial charge in [0.15, 0.2) is 0 Å². The van der Waals surface area contributed by atoms with Crippen LogP contribution in [0.4, 0.5) is 10.1 Å². The van der Waals surface area contributed by atoms with E-state index in [4.69, 9.17) is 6.57 Å². The molecule has 0 N–H and O–H groups in total. The summed E-state index contributed by atoms with van der Waals surface area (Å²) < 4.78 is 17.4. The molecule has 0 bridgehead atoms. The first-order chi connectivity index (χ1) is 21.2. The van der Waals surface area contributed by atoms with E-state index in [0.717, 1.165) is 44.1 Å². The minimum Gasteiger partial charge on any atom is -0.319 e. The lowest BCUT2D eigenvalue weighted by atomic mass is 9.67. The molecule has 1 aliphatic carbocycles. The van der Waals surface area contributed by atoms with E-state index in [0.29, 0.717) is 5.69 Å². The quantitative estimate of drug-likeness (QED) is 0.201. The van der Waals surface area contributed by atoms with Crippen molar-refractivity contribution in [2.45, 2.75) is 5.41 Å². The SMILES string of the molecule is [C-]#[N+]c1c(-n2c3ccccc3c3cc4c(cc32)C(c2ccccc2)(c2ccccc2)c2ccccc2-4)ccc(C#N)c1F. The molecule has 0 atom stereocenters. The van der Waals surface area contributed by atoms with Crippen molar-refractivity contribution in [3.8, 4) is 22.9 Å². The van der Waals surface area contributed by atoms with Gasteiger partial charge >= 0.3 is 0 Å². The Morgan fingerprint density at radius 1 is 0.651 bits per heavy atom. The zero-order chi connectivity index (χ0) is 29.1. The molecule has 0 fully saturated rings. The van der Waals surface area contributed by atoms with Gasteiger partial charge in [0.1, 0.15) is 11.9 Å². The number of hydrogen-bond acceptors (Lipinski definition) is 1. The summed E-state index contributed by atoms with van der Waals surface area (Å²) in [7, 11) is 0. The van der Waals surface area contributed by atoms with Crippen molar-refractivity contribution in [1.82, 2.24) is 4.57 Å². The Bertz CT molecular complexity index is 2280. The molecule has 0 spiro atoms. The van der Waals surface area contributed by atoms with Crippen LogP contribution < -0.4 is 0 Å². The Balaban J connectivity index is 1.57. The molecule has 8 rings (SSSR count). The van der Waals surface area contributed by atoms with Crippen LogP contribution in [0.25, 0.3) is 43.5 Å². The first kappa shape index (κ1) is 24.8. The summed E-state index contributed by atoms with van der Waals surface area (Å²) in [5.41, 5.74) is 8.22. The van der Waals surface area contributed by atoms with Gasteiger partial charge in [-0.3, -0.25) is 0 Å². The van der Waals surface area contributed by atoms with Crippen molar-refractivity contribution in [1.29, 1.82) is 5.26 Å². The Morgan fingerprint density at radius 3 is 2.00 bits per heavy atom. The van der Waals surface area contributed by atoms with E-state index < -0.39 is 11.2 Å². The second-order valence-electron chi connectivity index (χ2n) is 10.8. The number of para-hydroxylation sites is 1. The summed E-state index contributed by atoms with van der Waals surface area (Å²) in [6, 6.07) is 47.3. The van der Waals surface area contributed by atoms with Crippen LogP contribution >= 0.6 is 0 Å². The summed E-state index contributed by atoms with van der Waals surface area (Å²) in [6.45, 7) is 7.88. The first-order valence-electron chi connectivity index (χ1n) is 14.1. The Morgan fingerprint density at radius 2 is 1.30 bits per heavy atom. The highest BCUT2D eigenvalue weighted by atomic mass is 19.1. The van der Waals surface area contributed by atoms with E-state index in [1.807, 2.05) is 41.0 Å². The molecule has 0 unspecified atom stereocenters. The summed E-state index contributed by atoms with van der Waals surface area (Å²) >= 11 is 0. The Kier molecular flexibility index (Phi) is 5.35. The first-order valence-corrected chi connectivity index (χ1v) is 14.1. The molecule has 4 heteroatoms. The van der Waals surface area contributed by atoms with Crippen molar-refractivity contribution in [3.05, 3.63) is 179 Å². The van der Waals surface area contributed by atoms with Gasteiger partial charge in [-0.15, -0.1) is 0 Å². The standard InChI is InChI=1S/C39H22FN3/c1-42-38-35(21-20-25(24-41)37(38)40)43-34-19-11-9-17-29(34)31-22-30-28-16-8-10-18-32(28)39(33(30)23-36(31)43,26-12-4-2-5-13-26)27-14-6-3-7-15-27/h2-23H. The molecule has 1 aliphatic rings. The number of rotatable bonds is 3. The molecule has 7 aromatic rings. The molecule has 6 aromatic carbocycles. The van der Waals surface area contributed by atoms with Crippen LogP contribution in [-0.4, -0.2) is 4.57 Å². The zero-order valence-corrected chi connectivity index (χ0v) is 22.9. The topological polar surface area (TPSA) is 33.1 Å². The third kappa shape index (κ3) is 3.27. The highest BCUT2D eigenvalue weighted by Gasteiger charge is 2.46. The maximum absolute atomic E-state index is 15.4. The van der Waals surface area contributed by atoms with E-state index >= 15 is 4.39 Å². The molecule has 0 saturated carbocycles. The summed E-state index contributed by atoms with van der Waals surface area (Å²) in [5.74, 6) is -0.794. The van der Waals surface area contributed by atoms with E-state index in [1.54, 1.807) is 6.07 Å². The number of benzene rings is 6. The van der Waals surface area contributed by atoms with Gasteiger partial charge in [0, 0.05) is 10.8 Å². The van der Waals surface area contributed by atoms with Gasteiger partial charge in [-0.2, -0.15) is 5.26 Å². The second-order valence-corrected chi connectivity index (χ2v) is 10.8. The maximum atomic E-state index is 15.4. The summed E-state index contributed by atoms with van der Waals surface area (Å²) in [5, 5.41) is 11.5. The summed E-state index contributed by atoms with van der Waals surface area (Å²) in [6.07, 6.45) is 0. The van der Waals surface area contributed by atoms with Crippen LogP contribution in [0.2, 0.25) is 0 Å². The molecule has 200 valence electrons. The average Bonchev–Trinajstić information content (AvgIpc) is 3.54. The Hall–Kier alpha value is -5.97. The highest BCUT2D eigenvalue weighted by Crippen LogP contribution is 2.57. The van der Waals surface area contributed by atoms with Crippen LogP contribution in [-0.2, 0) is 5.41 Å². The van der Waals surface area contributed by atoms with Gasteiger partial charge in [-0.25, -0.2) is 9.24 Å². The normalized spacial score (nSPS) is 12.9. The molecular formula is C39H22FN3. The minimum absolute atomic E-state index is 0.140. The van der Waals surface area contributed by atoms with E-state index in [-0.39, 0.29) is 11.3 Å². The van der Waals surface area contributed by atoms with E-state index in [9.17, 15) is 5.26 Å². The molecule has 43 heavy (non-hydrogen) atoms. The highest BCUT2D eigenvalue weighted by molar-refractivity contribution is 6.12. The van der Waals surface area contributed by atoms with Gasteiger partial charge < -0.3 is 4.57 Å². The van der Waals surface area contributed by atoms with Gasteiger partial charge in [-0.1, -0.05) is 103 Å². The minimum atomic E-state index is -0.794. The van der Waals surface area contributed by atoms with E-state index in [1.165, 1.54) is 17.2 Å². The number of hydrogen-bond donors (Lipinski definition) is 0. The van der Waals surface area contributed by atoms with Crippen molar-refractivity contribution in [3.63, 3.8) is 0 Å². The fourth-order valence-corrected chi connectivity index (χ4v) is 7.09. The molecule has 1 heterocycles. The van der Waals surface area contributed by atoms with Gasteiger partial charge in [0.25, 0.3) is 0 Å². The number of halogens is 1. The second kappa shape index (κ2) is 9.28. The van der Waals surface area contributed by atoms with Crippen molar-refractivity contribution in [2.75, 3.05) is 0 Å². The largest absolute Gasteiger partial charge is 0.319 e. The molecule has 0 amide bonds. The van der Waals surface area contributed by atoms with Gasteiger partial charge in [0.05, 0.1) is 34.3 Å². The lowest BCUT2D eigenvalue weighted by Gasteiger charge is -2.34. The van der Waals surface area contributed by atoms with Crippen LogP contribution in [0, 0.1) is 23.7 Å². The number of fused-ring (bicyclic) bond motifs is 6. The molecule has 0 saturated heterocycles. The Labute approximate surface area is 248 Å². The third-order valence-corrected chi connectivity index (χ3v) is 8.82. The molecule has 3 nitrogen and oxygen atoms in total. The fraction of sp³-hybridized carbons (Fsp3) is 0.0256. The van der Waals surface area contributed by atoms with Crippen LogP contribution in [0.5, 0.6) is 0 Å². The summed E-state index contributed by atoms with van der Waals surface area (Å²) in [4.78, 5) is 3.58. The lowest BCUT2D eigenvalue weighted by molar-refractivity contribution is 0.629. The van der Waals surface area contributed by atoms with Crippen LogP contribution in [0.15, 0.2) is 133 Å². The smallest absolute Gasteiger partial charge is 0.246 e. The predicted molar refractivity (Wildman–Crippen MR) is 169 cm³/mol. The molecule has 1 aromatic heterocycles. The van der Waals surface area contributed by atoms with Crippen LogP contribution in [0.1, 0.15) is 27.8 Å². The molecular weight excluding hydrogens is 529 g/mol. The van der Waals surface area contributed by atoms with Crippen LogP contribution in [0.3, 0.4) is 0 Å². The van der Waals surface area contributed by atoms with Crippen molar-refractivity contribution < 1.29 is 4.39 Å². The third-order valence-electron chi connectivity index (χ3n) is 8.82. The number of nitriles is 1. The monoisotopic (exact) mass is 551 g/mol. The molecule has 0 radical (unpaired) electrons. The van der Waals surface area contributed by atoms with Crippen molar-refractivity contribution in [2.24, 2.45) is 0 Å². The lowest BCUT2D eigenvalue weighted by Crippen LogP contribution is -2.28. The maximum Gasteiger partial charge on any atom is 0.246 e. The van der Waals surface area contributed by atoms with E-state index in [2.05, 4.69) is 95.8 Å². The average molecular weight is 552 g/mol. The predicted octanol–water partition coefficient (Wildman–Crippen LogP) is 9.71. The molecule has 0 aliphatic heterocycles. The number of nitrogens with zero attached hydrogens (tertiary/aromatic N) is 3. The van der Waals surface area contributed by atoms with Gasteiger partial charge in [-0.05, 0) is 63.7 Å². The fourth-order valence-electron chi connectivity index (χ4n) is 7.09.